The fraction of sp³-hybridized carbons (Fsp3) is 0.526. The van der Waals surface area contributed by atoms with Crippen molar-refractivity contribution in [1.29, 1.82) is 0 Å². The predicted molar refractivity (Wildman–Crippen MR) is 88.9 cm³/mol. The number of hydrogen-bond acceptors (Lipinski definition) is 3. The highest BCUT2D eigenvalue weighted by Crippen LogP contribution is 2.33. The molecular formula is C19H24O3. The van der Waals surface area contributed by atoms with Gasteiger partial charge in [-0.1, -0.05) is 26.7 Å². The van der Waals surface area contributed by atoms with E-state index in [-0.39, 0.29) is 5.63 Å². The van der Waals surface area contributed by atoms with E-state index in [1.54, 1.807) is 0 Å². The Morgan fingerprint density at radius 3 is 2.73 bits per heavy atom. The number of fused-ring (bicyclic) bond motifs is 3. The molecule has 0 saturated heterocycles. The molecule has 0 bridgehead atoms. The Labute approximate surface area is 131 Å². The van der Waals surface area contributed by atoms with Crippen molar-refractivity contribution in [2.75, 3.05) is 6.61 Å². The van der Waals surface area contributed by atoms with Gasteiger partial charge < -0.3 is 9.15 Å². The first kappa shape index (κ1) is 15.1. The highest BCUT2D eigenvalue weighted by molar-refractivity contribution is 5.84. The third-order valence-electron chi connectivity index (χ3n) is 4.43. The van der Waals surface area contributed by atoms with Crippen molar-refractivity contribution < 1.29 is 9.15 Å². The number of unbranched alkanes of at least 4 members (excludes halogenated alkanes) is 1. The van der Waals surface area contributed by atoms with Crippen molar-refractivity contribution in [3.63, 3.8) is 0 Å². The topological polar surface area (TPSA) is 39.4 Å². The lowest BCUT2D eigenvalue weighted by Crippen LogP contribution is -2.08. The average Bonchev–Trinajstić information content (AvgIpc) is 2.99. The maximum Gasteiger partial charge on any atom is 0.339 e. The van der Waals surface area contributed by atoms with Crippen molar-refractivity contribution >= 4 is 11.0 Å². The number of aryl methyl sites for hydroxylation is 2. The standard InChI is InChI=1S/C19H24O3/c1-3-5-10-21-17-12-18-16(11-13(17)7-4-2)14-8-6-9-15(14)19(20)22-18/h11-12H,3-10H2,1-2H3. The van der Waals surface area contributed by atoms with Crippen LogP contribution in [0.3, 0.4) is 0 Å². The molecule has 3 nitrogen and oxygen atoms in total. The van der Waals surface area contributed by atoms with Crippen molar-refractivity contribution in [3.05, 3.63) is 39.2 Å². The Kier molecular flexibility index (Phi) is 4.51. The van der Waals surface area contributed by atoms with E-state index in [2.05, 4.69) is 19.9 Å². The summed E-state index contributed by atoms with van der Waals surface area (Å²) in [5, 5.41) is 1.11. The summed E-state index contributed by atoms with van der Waals surface area (Å²) >= 11 is 0. The Morgan fingerprint density at radius 2 is 1.95 bits per heavy atom. The van der Waals surface area contributed by atoms with E-state index in [1.165, 1.54) is 11.1 Å². The maximum atomic E-state index is 12.1. The Bertz CT molecular complexity index is 728. The first-order valence-corrected chi connectivity index (χ1v) is 8.48. The van der Waals surface area contributed by atoms with Gasteiger partial charge in [0.05, 0.1) is 6.61 Å². The summed E-state index contributed by atoms with van der Waals surface area (Å²) < 4.78 is 11.5. The minimum Gasteiger partial charge on any atom is -0.493 e. The van der Waals surface area contributed by atoms with Gasteiger partial charge in [-0.15, -0.1) is 0 Å². The molecule has 0 amide bonds. The third kappa shape index (κ3) is 2.77. The van der Waals surface area contributed by atoms with Crippen LogP contribution in [0.15, 0.2) is 21.3 Å². The van der Waals surface area contributed by atoms with Gasteiger partial charge in [0.15, 0.2) is 0 Å². The molecule has 0 saturated carbocycles. The lowest BCUT2D eigenvalue weighted by atomic mass is 10.0. The summed E-state index contributed by atoms with van der Waals surface area (Å²) in [5.41, 5.74) is 3.83. The molecule has 0 spiro atoms. The minimum absolute atomic E-state index is 0.164. The van der Waals surface area contributed by atoms with E-state index in [1.807, 2.05) is 6.07 Å². The van der Waals surface area contributed by atoms with Gasteiger partial charge in [-0.05, 0) is 49.3 Å². The summed E-state index contributed by atoms with van der Waals surface area (Å²) in [6, 6.07) is 4.11. The average molecular weight is 300 g/mol. The van der Waals surface area contributed by atoms with Gasteiger partial charge in [-0.3, -0.25) is 0 Å². The summed E-state index contributed by atoms with van der Waals surface area (Å²) in [5.74, 6) is 0.879. The molecule has 0 unspecified atom stereocenters. The Balaban J connectivity index is 2.09. The first-order valence-electron chi connectivity index (χ1n) is 8.48. The summed E-state index contributed by atoms with van der Waals surface area (Å²) in [4.78, 5) is 12.1. The molecule has 1 aromatic heterocycles. The van der Waals surface area contributed by atoms with Crippen LogP contribution in [-0.2, 0) is 19.3 Å². The van der Waals surface area contributed by atoms with E-state index in [4.69, 9.17) is 9.15 Å². The summed E-state index contributed by atoms with van der Waals surface area (Å²) in [6.07, 6.45) is 7.11. The number of benzene rings is 1. The zero-order valence-electron chi connectivity index (χ0n) is 13.5. The van der Waals surface area contributed by atoms with Gasteiger partial charge in [0, 0.05) is 17.0 Å². The molecule has 0 radical (unpaired) electrons. The van der Waals surface area contributed by atoms with Crippen molar-refractivity contribution in [2.45, 2.75) is 58.8 Å². The zero-order valence-corrected chi connectivity index (χ0v) is 13.5. The largest absolute Gasteiger partial charge is 0.493 e. The zero-order chi connectivity index (χ0) is 15.5. The smallest absolute Gasteiger partial charge is 0.339 e. The van der Waals surface area contributed by atoms with Gasteiger partial charge in [0.2, 0.25) is 0 Å². The summed E-state index contributed by atoms with van der Waals surface area (Å²) in [6.45, 7) is 5.04. The maximum absolute atomic E-state index is 12.1. The van der Waals surface area contributed by atoms with Crippen LogP contribution in [0, 0.1) is 0 Å². The monoisotopic (exact) mass is 300 g/mol. The lowest BCUT2D eigenvalue weighted by molar-refractivity contribution is 0.306. The molecule has 0 aliphatic heterocycles. The quantitative estimate of drug-likeness (QED) is 0.586. The van der Waals surface area contributed by atoms with E-state index < -0.39 is 0 Å². The van der Waals surface area contributed by atoms with Gasteiger partial charge in [-0.2, -0.15) is 0 Å². The predicted octanol–water partition coefficient (Wildman–Crippen LogP) is 4.41. The van der Waals surface area contributed by atoms with E-state index in [9.17, 15) is 4.79 Å². The highest BCUT2D eigenvalue weighted by atomic mass is 16.5. The second-order valence-electron chi connectivity index (χ2n) is 6.11. The van der Waals surface area contributed by atoms with Crippen LogP contribution < -0.4 is 10.4 Å². The van der Waals surface area contributed by atoms with Crippen molar-refractivity contribution in [3.8, 4) is 5.75 Å². The van der Waals surface area contributed by atoms with Crippen LogP contribution in [-0.4, -0.2) is 6.61 Å². The second kappa shape index (κ2) is 6.55. The molecule has 0 atom stereocenters. The molecule has 1 aromatic carbocycles. The van der Waals surface area contributed by atoms with Gasteiger partial charge in [0.1, 0.15) is 11.3 Å². The summed E-state index contributed by atoms with van der Waals surface area (Å²) in [7, 11) is 0. The molecule has 3 rings (SSSR count). The molecule has 0 N–H and O–H groups in total. The van der Waals surface area contributed by atoms with Crippen molar-refractivity contribution in [2.24, 2.45) is 0 Å². The van der Waals surface area contributed by atoms with Gasteiger partial charge >= 0.3 is 5.63 Å². The molecule has 0 fully saturated rings. The van der Waals surface area contributed by atoms with Crippen LogP contribution in [0.25, 0.3) is 11.0 Å². The molecule has 22 heavy (non-hydrogen) atoms. The van der Waals surface area contributed by atoms with Crippen LogP contribution in [0.5, 0.6) is 5.75 Å². The Hall–Kier alpha value is -1.77. The molecule has 118 valence electrons. The van der Waals surface area contributed by atoms with E-state index in [0.29, 0.717) is 12.2 Å². The molecule has 1 aliphatic rings. The van der Waals surface area contributed by atoms with Crippen LogP contribution in [0.4, 0.5) is 0 Å². The molecule has 1 aliphatic carbocycles. The lowest BCUT2D eigenvalue weighted by Gasteiger charge is -2.13. The minimum atomic E-state index is -0.164. The molecule has 3 heteroatoms. The molecule has 2 aromatic rings. The van der Waals surface area contributed by atoms with E-state index >= 15 is 0 Å². The molecule has 1 heterocycles. The van der Waals surface area contributed by atoms with Crippen molar-refractivity contribution in [1.82, 2.24) is 0 Å². The third-order valence-corrected chi connectivity index (χ3v) is 4.43. The Morgan fingerprint density at radius 1 is 1.14 bits per heavy atom. The second-order valence-corrected chi connectivity index (χ2v) is 6.11. The van der Waals surface area contributed by atoms with Crippen LogP contribution >= 0.6 is 0 Å². The number of rotatable bonds is 6. The SMILES string of the molecule is CCCCOc1cc2oc(=O)c3c(c2cc1CCC)CCC3. The normalized spacial score (nSPS) is 13.5. The molecular weight excluding hydrogens is 276 g/mol. The highest BCUT2D eigenvalue weighted by Gasteiger charge is 2.21. The fourth-order valence-corrected chi connectivity index (χ4v) is 3.28. The van der Waals surface area contributed by atoms with E-state index in [0.717, 1.165) is 61.6 Å². The van der Waals surface area contributed by atoms with Gasteiger partial charge in [-0.25, -0.2) is 4.79 Å². The number of hydrogen-bond donors (Lipinski definition) is 0. The van der Waals surface area contributed by atoms with Gasteiger partial charge in [0.25, 0.3) is 0 Å². The first-order chi connectivity index (χ1) is 10.7. The van der Waals surface area contributed by atoms with Crippen LogP contribution in [0.2, 0.25) is 0 Å². The fourth-order valence-electron chi connectivity index (χ4n) is 3.28. The van der Waals surface area contributed by atoms with Crippen LogP contribution in [0.1, 0.15) is 56.2 Å². The number of ether oxygens (including phenoxy) is 1.